The van der Waals surface area contributed by atoms with Crippen LogP contribution in [0.1, 0.15) is 12.0 Å². The molecule has 216 valence electrons. The maximum Gasteiger partial charge on any atom is 0.242 e. The fourth-order valence-corrected chi connectivity index (χ4v) is 5.62. The first kappa shape index (κ1) is 28.4. The van der Waals surface area contributed by atoms with E-state index in [1.807, 2.05) is 25.2 Å². The van der Waals surface area contributed by atoms with Crippen LogP contribution in [0.5, 0.6) is 0 Å². The number of amides is 2. The first-order valence-corrected chi connectivity index (χ1v) is 13.8. The standard InChI is InChI=1S/C29H36F3N5O3/c1-35-6-8-37(9-7-35)26-5-3-20(21-14-19(2-4-24(21)30)18-36-10-12-40-13-11-36)15-25(26)34-29(39)23-17-33-27(38)16-22(23)28(31)32/h2-5,14-15,22-23,28H,6-13,16-18H2,1H3,(H,33,38)(H,34,39). The molecular formula is C29H36F3N5O3. The Labute approximate surface area is 232 Å². The number of nitrogens with one attached hydrogen (secondary N) is 2. The molecule has 3 saturated heterocycles. The zero-order chi connectivity index (χ0) is 28.2. The molecule has 3 fully saturated rings. The van der Waals surface area contributed by atoms with Crippen molar-refractivity contribution in [2.45, 2.75) is 19.4 Å². The monoisotopic (exact) mass is 559 g/mol. The van der Waals surface area contributed by atoms with Crippen molar-refractivity contribution in [1.29, 1.82) is 0 Å². The second kappa shape index (κ2) is 12.6. The quantitative estimate of drug-likeness (QED) is 0.543. The van der Waals surface area contributed by atoms with E-state index in [4.69, 9.17) is 4.74 Å². The Kier molecular flexibility index (Phi) is 8.92. The number of carbonyl (C=O) groups excluding carboxylic acids is 2. The van der Waals surface area contributed by atoms with E-state index in [9.17, 15) is 18.4 Å². The zero-order valence-corrected chi connectivity index (χ0v) is 22.7. The fraction of sp³-hybridized carbons (Fsp3) is 0.517. The third-order valence-corrected chi connectivity index (χ3v) is 8.07. The van der Waals surface area contributed by atoms with E-state index in [2.05, 4.69) is 25.3 Å². The molecule has 0 radical (unpaired) electrons. The van der Waals surface area contributed by atoms with Crippen LogP contribution in [-0.2, 0) is 20.9 Å². The van der Waals surface area contributed by atoms with Crippen LogP contribution in [0.4, 0.5) is 24.5 Å². The molecule has 8 nitrogen and oxygen atoms in total. The number of likely N-dealkylation sites (N-methyl/N-ethyl adjacent to an activating group) is 1. The summed E-state index contributed by atoms with van der Waals surface area (Å²) < 4.78 is 48.1. The maximum absolute atomic E-state index is 15.1. The van der Waals surface area contributed by atoms with Gasteiger partial charge >= 0.3 is 0 Å². The van der Waals surface area contributed by atoms with Gasteiger partial charge < -0.3 is 25.2 Å². The minimum Gasteiger partial charge on any atom is -0.379 e. The van der Waals surface area contributed by atoms with E-state index in [1.165, 1.54) is 6.07 Å². The van der Waals surface area contributed by atoms with Gasteiger partial charge in [0.1, 0.15) is 5.82 Å². The molecule has 3 aliphatic heterocycles. The van der Waals surface area contributed by atoms with Gasteiger partial charge in [0, 0.05) is 70.3 Å². The summed E-state index contributed by atoms with van der Waals surface area (Å²) in [7, 11) is 2.04. The summed E-state index contributed by atoms with van der Waals surface area (Å²) in [5.74, 6) is -3.89. The average Bonchev–Trinajstić information content (AvgIpc) is 2.95. The van der Waals surface area contributed by atoms with Crippen molar-refractivity contribution in [3.63, 3.8) is 0 Å². The lowest BCUT2D eigenvalue weighted by atomic mass is 9.85. The van der Waals surface area contributed by atoms with Crippen LogP contribution in [0.2, 0.25) is 0 Å². The van der Waals surface area contributed by atoms with Crippen molar-refractivity contribution < 1.29 is 27.5 Å². The normalized spacial score (nSPS) is 22.8. The molecule has 0 aliphatic carbocycles. The molecule has 0 spiro atoms. The minimum atomic E-state index is -2.80. The van der Waals surface area contributed by atoms with Crippen LogP contribution in [0, 0.1) is 17.7 Å². The van der Waals surface area contributed by atoms with Gasteiger partial charge in [-0.1, -0.05) is 12.1 Å². The molecule has 2 atom stereocenters. The number of halogens is 3. The molecule has 2 unspecified atom stereocenters. The number of alkyl halides is 2. The van der Waals surface area contributed by atoms with Crippen LogP contribution in [0.25, 0.3) is 11.1 Å². The van der Waals surface area contributed by atoms with E-state index < -0.39 is 36.5 Å². The molecule has 0 bridgehead atoms. The van der Waals surface area contributed by atoms with Crippen LogP contribution in [0.15, 0.2) is 36.4 Å². The van der Waals surface area contributed by atoms with Gasteiger partial charge in [0.2, 0.25) is 18.2 Å². The van der Waals surface area contributed by atoms with E-state index in [0.29, 0.717) is 36.6 Å². The molecule has 0 saturated carbocycles. The Balaban J connectivity index is 1.45. The van der Waals surface area contributed by atoms with Gasteiger partial charge in [0.05, 0.1) is 30.5 Å². The maximum atomic E-state index is 15.1. The van der Waals surface area contributed by atoms with Crippen LogP contribution in [-0.4, -0.2) is 94.1 Å². The first-order valence-electron chi connectivity index (χ1n) is 13.8. The van der Waals surface area contributed by atoms with Crippen molar-refractivity contribution in [1.82, 2.24) is 15.1 Å². The Bertz CT molecular complexity index is 1220. The number of anilines is 2. The first-order chi connectivity index (χ1) is 19.3. The Morgan fingerprint density at radius 3 is 2.55 bits per heavy atom. The van der Waals surface area contributed by atoms with Gasteiger partial charge in [-0.3, -0.25) is 14.5 Å². The van der Waals surface area contributed by atoms with E-state index in [1.54, 1.807) is 12.1 Å². The van der Waals surface area contributed by atoms with E-state index in [-0.39, 0.29) is 12.4 Å². The molecule has 3 aliphatic rings. The molecule has 5 rings (SSSR count). The van der Waals surface area contributed by atoms with Gasteiger partial charge in [-0.05, 0) is 42.4 Å². The zero-order valence-electron chi connectivity index (χ0n) is 22.7. The Morgan fingerprint density at radius 2 is 1.82 bits per heavy atom. The molecule has 11 heteroatoms. The van der Waals surface area contributed by atoms with Crippen LogP contribution < -0.4 is 15.5 Å². The third kappa shape index (κ3) is 6.59. The van der Waals surface area contributed by atoms with Gasteiger partial charge in [0.15, 0.2) is 0 Å². The van der Waals surface area contributed by atoms with E-state index >= 15 is 4.39 Å². The number of piperazine rings is 1. The number of rotatable bonds is 7. The number of ether oxygens (including phenoxy) is 1. The minimum absolute atomic E-state index is 0.151. The number of carbonyl (C=O) groups is 2. The van der Waals surface area contributed by atoms with Gasteiger partial charge in [-0.25, -0.2) is 13.2 Å². The molecule has 2 aromatic carbocycles. The fourth-order valence-electron chi connectivity index (χ4n) is 5.62. The SMILES string of the molecule is CN1CCN(c2ccc(-c3cc(CN4CCOCC4)ccc3F)cc2NC(=O)C2CNC(=O)CC2C(F)F)CC1. The molecule has 2 N–H and O–H groups in total. The number of hydrogen-bond donors (Lipinski definition) is 2. The van der Waals surface area contributed by atoms with Crippen molar-refractivity contribution in [2.24, 2.45) is 11.8 Å². The Morgan fingerprint density at radius 1 is 1.07 bits per heavy atom. The highest BCUT2D eigenvalue weighted by Gasteiger charge is 2.40. The summed E-state index contributed by atoms with van der Waals surface area (Å²) in [5, 5.41) is 5.42. The number of morpholine rings is 1. The predicted molar refractivity (Wildman–Crippen MR) is 147 cm³/mol. The van der Waals surface area contributed by atoms with E-state index in [0.717, 1.165) is 50.5 Å². The summed E-state index contributed by atoms with van der Waals surface area (Å²) >= 11 is 0. The third-order valence-electron chi connectivity index (χ3n) is 8.07. The summed E-state index contributed by atoms with van der Waals surface area (Å²) in [5.41, 5.74) is 3.14. The predicted octanol–water partition coefficient (Wildman–Crippen LogP) is 3.03. The second-order valence-electron chi connectivity index (χ2n) is 10.8. The lowest BCUT2D eigenvalue weighted by Crippen LogP contribution is -2.48. The second-order valence-corrected chi connectivity index (χ2v) is 10.8. The van der Waals surface area contributed by atoms with Crippen molar-refractivity contribution in [3.05, 3.63) is 47.8 Å². The van der Waals surface area contributed by atoms with Crippen molar-refractivity contribution >= 4 is 23.2 Å². The molecule has 0 aromatic heterocycles. The molecule has 3 heterocycles. The summed E-state index contributed by atoms with van der Waals surface area (Å²) in [6, 6.07) is 10.5. The molecule has 2 aromatic rings. The average molecular weight is 560 g/mol. The Hall–Kier alpha value is -3.15. The van der Waals surface area contributed by atoms with Gasteiger partial charge in [0.25, 0.3) is 0 Å². The van der Waals surface area contributed by atoms with Crippen LogP contribution >= 0.6 is 0 Å². The molecular weight excluding hydrogens is 523 g/mol. The van der Waals surface area contributed by atoms with Gasteiger partial charge in [-0.15, -0.1) is 0 Å². The van der Waals surface area contributed by atoms with Crippen LogP contribution in [0.3, 0.4) is 0 Å². The number of piperidine rings is 1. The summed E-state index contributed by atoms with van der Waals surface area (Å²) in [6.45, 7) is 6.58. The smallest absolute Gasteiger partial charge is 0.242 e. The summed E-state index contributed by atoms with van der Waals surface area (Å²) in [4.78, 5) is 31.7. The molecule has 40 heavy (non-hydrogen) atoms. The lowest BCUT2D eigenvalue weighted by molar-refractivity contribution is -0.133. The lowest BCUT2D eigenvalue weighted by Gasteiger charge is -2.36. The van der Waals surface area contributed by atoms with Crippen molar-refractivity contribution in [2.75, 3.05) is 76.3 Å². The highest BCUT2D eigenvalue weighted by Crippen LogP contribution is 2.35. The van der Waals surface area contributed by atoms with Gasteiger partial charge in [-0.2, -0.15) is 0 Å². The number of nitrogens with zero attached hydrogens (tertiary/aromatic N) is 3. The highest BCUT2D eigenvalue weighted by atomic mass is 19.3. The highest BCUT2D eigenvalue weighted by molar-refractivity contribution is 5.98. The number of hydrogen-bond acceptors (Lipinski definition) is 6. The largest absolute Gasteiger partial charge is 0.379 e. The topological polar surface area (TPSA) is 77.2 Å². The van der Waals surface area contributed by atoms with Crippen molar-refractivity contribution in [3.8, 4) is 11.1 Å². The number of benzene rings is 2. The molecule has 2 amide bonds. The summed E-state index contributed by atoms with van der Waals surface area (Å²) in [6.07, 6.45) is -3.20.